The molecule has 0 unspecified atom stereocenters. The summed E-state index contributed by atoms with van der Waals surface area (Å²) in [6.45, 7) is 5.07. The first-order chi connectivity index (χ1) is 63.3. The van der Waals surface area contributed by atoms with Crippen molar-refractivity contribution in [3.63, 3.8) is 0 Å². The number of nitrogens with two attached hydrogens (primary N) is 1. The van der Waals surface area contributed by atoms with Crippen LogP contribution in [0.4, 0.5) is 0 Å². The number of aromatic hydroxyl groups is 4. The van der Waals surface area contributed by atoms with E-state index in [-0.39, 0.29) is 59.9 Å². The van der Waals surface area contributed by atoms with Crippen LogP contribution < -0.4 is 87.9 Å². The van der Waals surface area contributed by atoms with Gasteiger partial charge in [-0.05, 0) is 178 Å². The van der Waals surface area contributed by atoms with Gasteiger partial charge >= 0.3 is 0 Å². The Balaban J connectivity index is 1.02. The molecule has 2 fully saturated rings. The molecular weight excluding hydrogens is 1760 g/mol. The lowest BCUT2D eigenvalue weighted by molar-refractivity contribution is -0.277. The van der Waals surface area contributed by atoms with E-state index in [0.29, 0.717) is 50.5 Å². The number of hydrogen-bond acceptors (Lipinski definition) is 31. The van der Waals surface area contributed by atoms with E-state index in [1.165, 1.54) is 61.6 Å². The van der Waals surface area contributed by atoms with Crippen molar-refractivity contribution in [2.24, 2.45) is 11.7 Å². The maximum atomic E-state index is 16.9. The summed E-state index contributed by atoms with van der Waals surface area (Å²) < 4.78 is 45.1. The number of phenols is 4. The topological polar surface area (TPSA) is 602 Å². The minimum absolute atomic E-state index is 0.0807. The number of amides is 8. The third-order valence-electron chi connectivity index (χ3n) is 23.5. The van der Waals surface area contributed by atoms with E-state index < -0.39 is 260 Å². The van der Waals surface area contributed by atoms with Crippen molar-refractivity contribution >= 4 is 70.5 Å². The van der Waals surface area contributed by atoms with Crippen molar-refractivity contribution in [3.05, 3.63) is 164 Å². The molecule has 2 saturated heterocycles. The van der Waals surface area contributed by atoms with Crippen molar-refractivity contribution in [2.45, 2.75) is 194 Å². The fraction of sp³-hybridized carbons (Fsp3) is 0.451. The molecule has 7 aromatic carbocycles. The first-order valence-corrected chi connectivity index (χ1v) is 44.4. The highest BCUT2D eigenvalue weighted by molar-refractivity contribution is 6.33. The standard InChI is InChI=1S/C91H110Cl2N12O27/c1-42(2)12-7-5-4-6-8-13-66(112)100-75-79(116)77(114)64(40-106)130-90(75)132-82-62-34-47-35-63(82)128-59-23-18-46(32-54(59)92)76(113)74-89(125)104-72(84(120)98-29-11-28-97-27-10-26-96-25-9-24-94)52-36-48(108)37-61(129-91-81(118)80(117)78(115)65(41-107)131-91)67(52)51-31-44(16-21-56(51)109)70(86(122)105-74)101-87(123)71(47)102-88(124)73-53-38-50(39-58(111)68(53)93)127-60-33-45(17-22-57(60)110)69(95-3)85(121)99-55(83(119)103-73)30-43-14-19-49(126-62)20-15-43/h14-23,31-39,42,55,64-65,69-81,90-91,95-97,106-111,113-118H,4-13,24-30,40-41,94H2,1-3H3,(H,98,120)(H,99,121)(H,100,112)(H,101,123)(H,102,124)(H,103,119)(H,104,125)(H,105,122)/t55-,64-,65-,69+,70-,71-,72+,73+,74+,75-,76-,77-,78-,79-,80+,81+,90+,91+/m1/s1. The number of unbranched alkanes of at least 4 members (excludes halogenated alkanes) is 4. The molecule has 15 rings (SSSR count). The maximum absolute atomic E-state index is 16.9. The van der Waals surface area contributed by atoms with Crippen LogP contribution in [0.2, 0.25) is 10.0 Å². The molecule has 132 heavy (non-hydrogen) atoms. The summed E-state index contributed by atoms with van der Waals surface area (Å²) in [5.74, 6) is -15.0. The Morgan fingerprint density at radius 3 is 1.83 bits per heavy atom. The molecule has 39 nitrogen and oxygen atoms in total. The average Bonchev–Trinajstić information content (AvgIpc) is 0.740. The third-order valence-corrected chi connectivity index (χ3v) is 24.2. The van der Waals surface area contributed by atoms with E-state index in [2.05, 4.69) is 72.3 Å². The van der Waals surface area contributed by atoms with Crippen LogP contribution >= 0.6 is 23.2 Å². The number of aliphatic hydroxyl groups is 8. The zero-order chi connectivity index (χ0) is 94.5. The average molecular weight is 1870 g/mol. The molecule has 0 saturated carbocycles. The Kier molecular flexibility index (Phi) is 33.0. The molecule has 8 heterocycles. The Bertz CT molecular complexity index is 5330. The number of benzene rings is 7. The van der Waals surface area contributed by atoms with Crippen LogP contribution in [0.15, 0.2) is 115 Å². The summed E-state index contributed by atoms with van der Waals surface area (Å²) in [6.07, 6.45) is -13.6. The molecule has 0 spiro atoms. The molecule has 8 amide bonds. The normalized spacial score (nSPS) is 25.4. The highest BCUT2D eigenvalue weighted by atomic mass is 35.5. The number of hydrogen-bond donors (Lipinski definition) is 24. The van der Waals surface area contributed by atoms with Gasteiger partial charge in [-0.2, -0.15) is 0 Å². The van der Waals surface area contributed by atoms with Crippen LogP contribution in [0, 0.1) is 5.92 Å². The van der Waals surface area contributed by atoms with Crippen molar-refractivity contribution in [1.82, 2.24) is 58.5 Å². The summed E-state index contributed by atoms with van der Waals surface area (Å²) >= 11 is 14.4. The molecule has 25 N–H and O–H groups in total. The second kappa shape index (κ2) is 44.4. The van der Waals surface area contributed by atoms with Gasteiger partial charge in [-0.1, -0.05) is 99.5 Å². The van der Waals surface area contributed by atoms with Crippen LogP contribution in [0.5, 0.6) is 69.0 Å². The Morgan fingerprint density at radius 2 is 1.14 bits per heavy atom. The highest BCUT2D eigenvalue weighted by Crippen LogP contribution is 2.51. The van der Waals surface area contributed by atoms with Gasteiger partial charge in [0.2, 0.25) is 65.6 Å². The van der Waals surface area contributed by atoms with Crippen LogP contribution in [-0.4, -0.2) is 241 Å². The number of fused-ring (bicyclic) bond motifs is 14. The molecule has 17 bridgehead atoms. The number of phenolic OH excluding ortho intramolecular Hbond substituents is 4. The number of rotatable bonds is 28. The largest absolute Gasteiger partial charge is 0.508 e. The van der Waals surface area contributed by atoms with Gasteiger partial charge in [0.05, 0.1) is 23.3 Å². The van der Waals surface area contributed by atoms with Crippen molar-refractivity contribution < 1.29 is 133 Å². The van der Waals surface area contributed by atoms with Gasteiger partial charge in [0, 0.05) is 48.2 Å². The first kappa shape index (κ1) is 98.0. The number of likely N-dealkylation sites (N-methyl/N-ethyl adjacent to an activating group) is 1. The maximum Gasteiger partial charge on any atom is 0.248 e. The fourth-order valence-electron chi connectivity index (χ4n) is 16.4. The number of aliphatic hydroxyl groups excluding tert-OH is 8. The first-order valence-electron chi connectivity index (χ1n) is 43.6. The Labute approximate surface area is 767 Å². The Morgan fingerprint density at radius 1 is 0.523 bits per heavy atom. The second-order valence-electron chi connectivity index (χ2n) is 33.5. The van der Waals surface area contributed by atoms with Crippen molar-refractivity contribution in [3.8, 4) is 80.1 Å². The van der Waals surface area contributed by atoms with E-state index in [0.717, 1.165) is 106 Å². The lowest BCUT2D eigenvalue weighted by atomic mass is 9.89. The summed E-state index contributed by atoms with van der Waals surface area (Å²) in [5.41, 5.74) is 3.16. The lowest BCUT2D eigenvalue weighted by Gasteiger charge is -2.42. The van der Waals surface area contributed by atoms with Gasteiger partial charge in [0.1, 0.15) is 137 Å². The fourth-order valence-corrected chi connectivity index (χ4v) is 16.8. The van der Waals surface area contributed by atoms with Crippen molar-refractivity contribution in [1.29, 1.82) is 0 Å². The highest BCUT2D eigenvalue weighted by Gasteiger charge is 2.50. The monoisotopic (exact) mass is 1870 g/mol. The van der Waals surface area contributed by atoms with E-state index >= 15 is 28.8 Å². The molecule has 0 aliphatic carbocycles. The number of ether oxygens (including phenoxy) is 7. The minimum atomic E-state index is -2.41. The van der Waals surface area contributed by atoms with Crippen LogP contribution in [0.1, 0.15) is 153 Å². The van der Waals surface area contributed by atoms with Gasteiger partial charge in [-0.15, -0.1) is 0 Å². The van der Waals surface area contributed by atoms with Crippen LogP contribution in [0.3, 0.4) is 0 Å². The summed E-state index contributed by atoms with van der Waals surface area (Å²) in [4.78, 5) is 126. The molecule has 710 valence electrons. The third kappa shape index (κ3) is 23.0. The number of carbonyl (C=O) groups excluding carboxylic acids is 8. The zero-order valence-corrected chi connectivity index (χ0v) is 73.7. The second-order valence-corrected chi connectivity index (χ2v) is 34.3. The predicted molar refractivity (Wildman–Crippen MR) is 472 cm³/mol. The Hall–Kier alpha value is -11.5. The van der Waals surface area contributed by atoms with Crippen molar-refractivity contribution in [2.75, 3.05) is 59.5 Å². The lowest BCUT2D eigenvalue weighted by Crippen LogP contribution is -2.65. The minimum Gasteiger partial charge on any atom is -0.508 e. The van der Waals surface area contributed by atoms with Gasteiger partial charge in [0.15, 0.2) is 23.0 Å². The van der Waals surface area contributed by atoms with E-state index in [4.69, 9.17) is 62.1 Å². The quantitative estimate of drug-likeness (QED) is 0.0313. The van der Waals surface area contributed by atoms with Gasteiger partial charge in [-0.3, -0.25) is 38.4 Å². The summed E-state index contributed by atoms with van der Waals surface area (Å²) in [6, 6.07) is 6.53. The van der Waals surface area contributed by atoms with Gasteiger partial charge in [-0.25, -0.2) is 0 Å². The molecule has 0 radical (unpaired) electrons. The van der Waals surface area contributed by atoms with E-state index in [9.17, 15) is 70.9 Å². The molecule has 41 heteroatoms. The SMILES string of the molecule is CN[C@@H]1C(=O)N[C@@H]2Cc3ccc(cc3)Oc3cc4cc(c3O[C@@H]3O[C@H](CO)[C@@H](O)[C@H](O)[C@H]3NC(=O)CCCCCCCC(C)C)Oc3ccc(cc3Cl)[C@@H](O)[C@@H]3NC(=O)[C@H](NC(=O)[C@@H]4NC(=O)[C@@H](NC2=O)c2cc(cc(O)c2Cl)Oc2cc1ccc2O)c1ccc(O)c(c1)-c1c(O[C@H]2O[C@H](CO)[C@@H](O)[C@H](O)[C@@H]2O)cc(O)cc1[C@@H](C(=O)NCCCNCCCNCCCN)NC3=O. The number of carbonyl (C=O) groups is 8. The molecule has 0 aromatic heterocycles. The van der Waals surface area contributed by atoms with Gasteiger partial charge < -0.3 is 159 Å². The summed E-state index contributed by atoms with van der Waals surface area (Å²) in [7, 11) is 1.44. The molecule has 8 aliphatic rings. The predicted octanol–water partition coefficient (Wildman–Crippen LogP) is 3.04. The van der Waals surface area contributed by atoms with E-state index in [1.807, 2.05) is 0 Å². The van der Waals surface area contributed by atoms with E-state index in [1.54, 1.807) is 0 Å². The summed E-state index contributed by atoms with van der Waals surface area (Å²) in [5, 5.41) is 169. The van der Waals surface area contributed by atoms with Crippen LogP contribution in [-0.2, 0) is 54.3 Å². The van der Waals surface area contributed by atoms with Gasteiger partial charge in [0.25, 0.3) is 0 Å². The smallest absolute Gasteiger partial charge is 0.248 e. The number of nitrogens with one attached hydrogen (secondary N) is 11. The molecular formula is C91H110Cl2N12O27. The van der Waals surface area contributed by atoms with Crippen LogP contribution in [0.25, 0.3) is 11.1 Å². The number of halogens is 2. The molecule has 7 aromatic rings. The molecule has 18 atom stereocenters. The molecule has 8 aliphatic heterocycles. The zero-order valence-electron chi connectivity index (χ0n) is 72.2.